The SMILES string of the molecule is COc1cccc(CCC(=O)NCCC2CCN(C(=O)Nc3cc(F)cc(F)c3)CC2)c1. The van der Waals surface area contributed by atoms with Crippen LogP contribution in [0.5, 0.6) is 5.75 Å². The molecule has 2 N–H and O–H groups in total. The van der Waals surface area contributed by atoms with Gasteiger partial charge in [0.15, 0.2) is 0 Å². The molecule has 0 bridgehead atoms. The normalized spacial score (nSPS) is 14.2. The second kappa shape index (κ2) is 11.5. The molecule has 0 unspecified atom stereocenters. The minimum atomic E-state index is -0.732. The van der Waals surface area contributed by atoms with Gasteiger partial charge >= 0.3 is 6.03 Å². The number of nitrogens with zero attached hydrogens (tertiary/aromatic N) is 1. The van der Waals surface area contributed by atoms with E-state index in [0.29, 0.717) is 38.4 Å². The topological polar surface area (TPSA) is 70.7 Å². The Kier molecular flexibility index (Phi) is 8.41. The Balaban J connectivity index is 1.32. The molecule has 0 aliphatic carbocycles. The zero-order valence-corrected chi connectivity index (χ0v) is 18.2. The van der Waals surface area contributed by atoms with Gasteiger partial charge in [-0.05, 0) is 61.4 Å². The summed E-state index contributed by atoms with van der Waals surface area (Å²) in [7, 11) is 1.62. The van der Waals surface area contributed by atoms with Crippen LogP contribution in [0.1, 0.15) is 31.2 Å². The van der Waals surface area contributed by atoms with Crippen molar-refractivity contribution in [2.75, 3.05) is 32.1 Å². The number of piperidine rings is 1. The molecule has 0 atom stereocenters. The van der Waals surface area contributed by atoms with E-state index in [9.17, 15) is 18.4 Å². The predicted octanol–water partition coefficient (Wildman–Crippen LogP) is 4.36. The van der Waals surface area contributed by atoms with Crippen molar-refractivity contribution in [3.8, 4) is 5.75 Å². The van der Waals surface area contributed by atoms with Gasteiger partial charge in [0.1, 0.15) is 17.4 Å². The lowest BCUT2D eigenvalue weighted by atomic mass is 9.93. The van der Waals surface area contributed by atoms with Gasteiger partial charge in [-0.15, -0.1) is 0 Å². The fourth-order valence-electron chi connectivity index (χ4n) is 3.84. The molecule has 0 aromatic heterocycles. The third-order valence-electron chi connectivity index (χ3n) is 5.67. The molecule has 3 amide bonds. The predicted molar refractivity (Wildman–Crippen MR) is 119 cm³/mol. The molecular formula is C24H29F2N3O3. The summed E-state index contributed by atoms with van der Waals surface area (Å²) in [4.78, 5) is 26.1. The molecule has 0 radical (unpaired) electrons. The highest BCUT2D eigenvalue weighted by Gasteiger charge is 2.23. The van der Waals surface area contributed by atoms with E-state index >= 15 is 0 Å². The van der Waals surface area contributed by atoms with Gasteiger partial charge < -0.3 is 20.3 Å². The van der Waals surface area contributed by atoms with Gasteiger partial charge in [-0.1, -0.05) is 12.1 Å². The van der Waals surface area contributed by atoms with Crippen molar-refractivity contribution in [2.24, 2.45) is 5.92 Å². The summed E-state index contributed by atoms with van der Waals surface area (Å²) in [5.41, 5.74) is 1.16. The second-order valence-electron chi connectivity index (χ2n) is 8.01. The maximum absolute atomic E-state index is 13.3. The van der Waals surface area contributed by atoms with Gasteiger partial charge in [0.05, 0.1) is 7.11 Å². The van der Waals surface area contributed by atoms with Crippen LogP contribution in [-0.4, -0.2) is 43.6 Å². The molecule has 3 rings (SSSR count). The zero-order valence-electron chi connectivity index (χ0n) is 18.2. The molecule has 1 heterocycles. The molecule has 0 spiro atoms. The van der Waals surface area contributed by atoms with Crippen LogP contribution >= 0.6 is 0 Å². The summed E-state index contributed by atoms with van der Waals surface area (Å²) < 4.78 is 31.7. The monoisotopic (exact) mass is 445 g/mol. The maximum Gasteiger partial charge on any atom is 0.321 e. The Morgan fingerprint density at radius 3 is 2.50 bits per heavy atom. The third kappa shape index (κ3) is 7.21. The fraction of sp³-hybridized carbons (Fsp3) is 0.417. The number of hydrogen-bond acceptors (Lipinski definition) is 3. The highest BCUT2D eigenvalue weighted by molar-refractivity contribution is 5.89. The molecule has 1 saturated heterocycles. The largest absolute Gasteiger partial charge is 0.497 e. The second-order valence-corrected chi connectivity index (χ2v) is 8.01. The first kappa shape index (κ1) is 23.5. The Morgan fingerprint density at radius 2 is 1.81 bits per heavy atom. The molecule has 1 fully saturated rings. The summed E-state index contributed by atoms with van der Waals surface area (Å²) >= 11 is 0. The zero-order chi connectivity index (χ0) is 22.9. The molecule has 2 aromatic carbocycles. The number of urea groups is 1. The van der Waals surface area contributed by atoms with Crippen molar-refractivity contribution in [1.82, 2.24) is 10.2 Å². The lowest BCUT2D eigenvalue weighted by Crippen LogP contribution is -2.41. The first-order chi connectivity index (χ1) is 15.4. The highest BCUT2D eigenvalue weighted by atomic mass is 19.1. The lowest BCUT2D eigenvalue weighted by molar-refractivity contribution is -0.121. The number of ether oxygens (including phenoxy) is 1. The van der Waals surface area contributed by atoms with E-state index in [-0.39, 0.29) is 17.6 Å². The summed E-state index contributed by atoms with van der Waals surface area (Å²) in [6, 6.07) is 10.3. The average Bonchev–Trinajstić information content (AvgIpc) is 2.77. The first-order valence-corrected chi connectivity index (χ1v) is 10.8. The van der Waals surface area contributed by atoms with Crippen LogP contribution in [0.3, 0.4) is 0 Å². The van der Waals surface area contributed by atoms with Crippen molar-refractivity contribution in [1.29, 1.82) is 0 Å². The van der Waals surface area contributed by atoms with Crippen LogP contribution in [-0.2, 0) is 11.2 Å². The molecule has 172 valence electrons. The highest BCUT2D eigenvalue weighted by Crippen LogP contribution is 2.21. The Hall–Kier alpha value is -3.16. The molecule has 0 saturated carbocycles. The molecule has 2 aromatic rings. The van der Waals surface area contributed by atoms with E-state index < -0.39 is 11.6 Å². The molecular weight excluding hydrogens is 416 g/mol. The minimum absolute atomic E-state index is 0.0203. The van der Waals surface area contributed by atoms with Crippen molar-refractivity contribution in [3.63, 3.8) is 0 Å². The van der Waals surface area contributed by atoms with Crippen molar-refractivity contribution in [2.45, 2.75) is 32.1 Å². The van der Waals surface area contributed by atoms with E-state index in [2.05, 4.69) is 10.6 Å². The summed E-state index contributed by atoms with van der Waals surface area (Å²) in [5.74, 6) is -0.239. The van der Waals surface area contributed by atoms with Crippen LogP contribution in [0, 0.1) is 17.6 Å². The van der Waals surface area contributed by atoms with Crippen LogP contribution in [0.4, 0.5) is 19.3 Å². The van der Waals surface area contributed by atoms with Crippen LogP contribution in [0.2, 0.25) is 0 Å². The van der Waals surface area contributed by atoms with Gasteiger partial charge in [-0.25, -0.2) is 13.6 Å². The number of rotatable bonds is 8. The smallest absolute Gasteiger partial charge is 0.321 e. The number of hydrogen-bond donors (Lipinski definition) is 2. The molecule has 6 nitrogen and oxygen atoms in total. The van der Waals surface area contributed by atoms with E-state index in [1.165, 1.54) is 0 Å². The van der Waals surface area contributed by atoms with Crippen LogP contribution < -0.4 is 15.4 Å². The third-order valence-corrected chi connectivity index (χ3v) is 5.67. The fourth-order valence-corrected chi connectivity index (χ4v) is 3.84. The standard InChI is InChI=1S/C24H29F2N3O3/c1-32-22-4-2-3-18(13-22)5-6-23(30)27-10-7-17-8-11-29(12-9-17)24(31)28-21-15-19(25)14-20(26)16-21/h2-4,13-17H,5-12H2,1H3,(H,27,30)(H,28,31). The number of amides is 3. The summed E-state index contributed by atoms with van der Waals surface area (Å²) in [5, 5.41) is 5.51. The number of methoxy groups -OCH3 is 1. The number of carbonyl (C=O) groups excluding carboxylic acids is 2. The summed E-state index contributed by atoms with van der Waals surface area (Å²) in [6.07, 6.45) is 3.59. The number of anilines is 1. The van der Waals surface area contributed by atoms with Gasteiger partial charge in [-0.2, -0.15) is 0 Å². The summed E-state index contributed by atoms with van der Waals surface area (Å²) in [6.45, 7) is 1.74. The van der Waals surface area contributed by atoms with Crippen LogP contribution in [0.15, 0.2) is 42.5 Å². The number of aryl methyl sites for hydroxylation is 1. The quantitative estimate of drug-likeness (QED) is 0.635. The number of halogens is 2. The van der Waals surface area contributed by atoms with Gasteiger partial charge in [0.25, 0.3) is 0 Å². The molecule has 1 aliphatic heterocycles. The number of carbonyl (C=O) groups is 2. The number of likely N-dealkylation sites (tertiary alicyclic amines) is 1. The lowest BCUT2D eigenvalue weighted by Gasteiger charge is -2.32. The van der Waals surface area contributed by atoms with Crippen molar-refractivity contribution >= 4 is 17.6 Å². The molecule has 8 heteroatoms. The van der Waals surface area contributed by atoms with Gasteiger partial charge in [-0.3, -0.25) is 4.79 Å². The minimum Gasteiger partial charge on any atom is -0.497 e. The molecule has 32 heavy (non-hydrogen) atoms. The Morgan fingerprint density at radius 1 is 1.09 bits per heavy atom. The van der Waals surface area contributed by atoms with Gasteiger partial charge in [0.2, 0.25) is 5.91 Å². The first-order valence-electron chi connectivity index (χ1n) is 10.8. The molecule has 1 aliphatic rings. The Labute approximate surface area is 186 Å². The number of benzene rings is 2. The van der Waals surface area contributed by atoms with Crippen molar-refractivity contribution in [3.05, 3.63) is 59.7 Å². The number of nitrogens with one attached hydrogen (secondary N) is 2. The maximum atomic E-state index is 13.3. The van der Waals surface area contributed by atoms with E-state index in [1.54, 1.807) is 12.0 Å². The van der Waals surface area contributed by atoms with Gasteiger partial charge in [0, 0.05) is 37.8 Å². The Bertz CT molecular complexity index is 910. The van der Waals surface area contributed by atoms with Crippen LogP contribution in [0.25, 0.3) is 0 Å². The van der Waals surface area contributed by atoms with E-state index in [0.717, 1.165) is 48.8 Å². The van der Waals surface area contributed by atoms with E-state index in [1.807, 2.05) is 24.3 Å². The average molecular weight is 446 g/mol. The van der Waals surface area contributed by atoms with Crippen molar-refractivity contribution < 1.29 is 23.1 Å². The van der Waals surface area contributed by atoms with E-state index in [4.69, 9.17) is 4.74 Å².